The van der Waals surface area contributed by atoms with Gasteiger partial charge in [-0.25, -0.2) is 9.78 Å². The number of ether oxygens (including phenoxy) is 1. The van der Waals surface area contributed by atoms with E-state index in [0.29, 0.717) is 36.1 Å². The van der Waals surface area contributed by atoms with Gasteiger partial charge in [-0.3, -0.25) is 18.9 Å². The van der Waals surface area contributed by atoms with Gasteiger partial charge in [0.25, 0.3) is 17.9 Å². The van der Waals surface area contributed by atoms with Crippen molar-refractivity contribution in [3.63, 3.8) is 0 Å². The van der Waals surface area contributed by atoms with E-state index in [-0.39, 0.29) is 22.5 Å². The number of fused-ring (bicyclic) bond motifs is 1. The van der Waals surface area contributed by atoms with Crippen LogP contribution in [0.25, 0.3) is 0 Å². The third-order valence-corrected chi connectivity index (χ3v) is 10.7. The minimum absolute atomic E-state index is 0.0424. The largest absolute Gasteiger partial charge is 0.489 e. The minimum Gasteiger partial charge on any atom is -0.489 e. The molecule has 2 aromatic heterocycles. The maximum atomic E-state index is 13.7. The lowest BCUT2D eigenvalue weighted by Gasteiger charge is -2.50. The second-order valence-corrected chi connectivity index (χ2v) is 15.8. The molecule has 1 aromatic carbocycles. The number of carbonyl (C=O) groups is 4. The molecule has 296 valence electrons. The number of hydrogen-bond acceptors (Lipinski definition) is 15. The van der Waals surface area contributed by atoms with E-state index < -0.39 is 64.4 Å². The van der Waals surface area contributed by atoms with E-state index in [1.54, 1.807) is 23.1 Å². The van der Waals surface area contributed by atoms with Gasteiger partial charge in [0.1, 0.15) is 23.7 Å². The molecule has 2 atom stereocenters. The fourth-order valence-electron chi connectivity index (χ4n) is 6.49. The molecule has 2 fully saturated rings. The van der Waals surface area contributed by atoms with Crippen LogP contribution in [-0.2, 0) is 53.4 Å². The second-order valence-electron chi connectivity index (χ2n) is 13.9. The molecule has 3 aromatic rings. The molecule has 3 aliphatic heterocycles. The van der Waals surface area contributed by atoms with Crippen molar-refractivity contribution in [2.24, 2.45) is 22.7 Å². The van der Waals surface area contributed by atoms with Crippen LogP contribution in [0.5, 0.6) is 5.75 Å². The van der Waals surface area contributed by atoms with E-state index >= 15 is 0 Å². The highest BCUT2D eigenvalue weighted by Crippen LogP contribution is 2.40. The number of carboxylic acid groups (broad SMARTS) is 1. The zero-order chi connectivity index (χ0) is 39.7. The number of amides is 2. The Hall–Kier alpha value is -5.00. The summed E-state index contributed by atoms with van der Waals surface area (Å²) in [5.74, 6) is -3.62. The second kappa shape index (κ2) is 16.0. The van der Waals surface area contributed by atoms with E-state index in [9.17, 15) is 32.7 Å². The Labute approximate surface area is 319 Å². The number of Topliss-reactive ketones (excluding diaryl/α,β-unsaturated/α-hetero) is 1. The number of nitrogens with zero attached hydrogens (tertiary/aromatic N) is 6. The number of thiazole rings is 1. The standard InChI is InChI=1S/C33H41N9O11S2/c1-33(2)24(30(45)42(33)53-55(48,49)50)11-26(43)28(25-18-54-32(35)37-25)38-52-27(31(46)47)17-51-22-4-5-23-20(10-22)6-9-41(29(23)44)21-15-39(8-3-7-34)40(16-21)14-19-12-36-13-19/h4-5,10,15-16,18-19,24,27,36H,3,6-9,11-14,17,34H2,1-2H3,(H3-,35,37,46,47,48,49,50)/p+1/b38-28-/t24-,27+/m1/s1. The number of anilines is 2. The molecule has 6 rings (SSSR count). The monoisotopic (exact) mass is 804 g/mol. The van der Waals surface area contributed by atoms with Gasteiger partial charge in [0.05, 0.1) is 24.2 Å². The summed E-state index contributed by atoms with van der Waals surface area (Å²) in [4.78, 5) is 63.0. The molecule has 0 spiro atoms. The number of hydroxylamine groups is 2. The molecule has 20 nitrogen and oxygen atoms in total. The maximum absolute atomic E-state index is 13.7. The smallest absolute Gasteiger partial charge is 0.418 e. The van der Waals surface area contributed by atoms with E-state index in [4.69, 9.17) is 25.6 Å². The van der Waals surface area contributed by atoms with E-state index in [0.717, 1.165) is 55.2 Å². The van der Waals surface area contributed by atoms with E-state index in [1.807, 2.05) is 12.4 Å². The number of nitrogen functional groups attached to an aromatic ring is 1. The van der Waals surface area contributed by atoms with E-state index in [1.165, 1.54) is 19.2 Å². The number of oxime groups is 1. The lowest BCUT2D eigenvalue weighted by atomic mass is 9.74. The molecule has 22 heteroatoms. The normalized spacial score (nSPS) is 19.1. The molecule has 0 bridgehead atoms. The van der Waals surface area contributed by atoms with Crippen molar-refractivity contribution in [3.05, 3.63) is 52.8 Å². The molecular formula is C33H42N9O11S2+. The van der Waals surface area contributed by atoms with E-state index in [2.05, 4.69) is 29.1 Å². The summed E-state index contributed by atoms with van der Waals surface area (Å²) in [7, 11) is -5.01. The number of aromatic nitrogens is 3. The van der Waals surface area contributed by atoms with Crippen molar-refractivity contribution < 1.29 is 55.8 Å². The highest BCUT2D eigenvalue weighted by Gasteiger charge is 2.57. The Morgan fingerprint density at radius 1 is 1.25 bits per heavy atom. The minimum atomic E-state index is -5.01. The summed E-state index contributed by atoms with van der Waals surface area (Å²) in [6, 6.07) is 4.85. The molecule has 5 heterocycles. The zero-order valence-electron chi connectivity index (χ0n) is 30.0. The van der Waals surface area contributed by atoms with Gasteiger partial charge in [-0.2, -0.15) is 18.2 Å². The summed E-state index contributed by atoms with van der Waals surface area (Å²) < 4.78 is 45.7. The summed E-state index contributed by atoms with van der Waals surface area (Å²) >= 11 is 0.975. The number of benzene rings is 1. The molecule has 7 N–H and O–H groups in total. The molecule has 55 heavy (non-hydrogen) atoms. The SMILES string of the molecule is CC1(C)[C@H](CC(=O)/C(=N\O[C@@H](COc2ccc3c(c2)CCN(c2cn(CCCN)[n+](CC4CNC4)c2)C3=O)C(=O)O)c2csc(N)n2)C(=O)N1OS(=O)(=O)O. The van der Waals surface area contributed by atoms with Gasteiger partial charge in [0.2, 0.25) is 6.20 Å². The van der Waals surface area contributed by atoms with Gasteiger partial charge in [-0.15, -0.1) is 20.3 Å². The van der Waals surface area contributed by atoms with Gasteiger partial charge < -0.3 is 36.4 Å². The number of hydrogen-bond donors (Lipinski definition) is 5. The lowest BCUT2D eigenvalue weighted by molar-refractivity contribution is -0.781. The summed E-state index contributed by atoms with van der Waals surface area (Å²) in [6.45, 7) is 6.73. The average Bonchev–Trinajstić information content (AvgIpc) is 3.73. The summed E-state index contributed by atoms with van der Waals surface area (Å²) in [5.41, 5.74) is 11.7. The quantitative estimate of drug-likeness (QED) is 0.0365. The van der Waals surface area contributed by atoms with Gasteiger partial charge in [-0.1, -0.05) is 5.16 Å². The van der Waals surface area contributed by atoms with Crippen LogP contribution in [0.15, 0.2) is 41.1 Å². The topological polar surface area (TPSA) is 275 Å². The number of rotatable bonds is 18. The predicted octanol–water partition coefficient (Wildman–Crippen LogP) is -0.231. The molecule has 0 aliphatic carbocycles. The average molecular weight is 805 g/mol. The van der Waals surface area contributed by atoms with Crippen LogP contribution in [0.1, 0.15) is 48.3 Å². The van der Waals surface area contributed by atoms with Crippen LogP contribution in [-0.4, -0.2) is 107 Å². The van der Waals surface area contributed by atoms with Gasteiger partial charge in [0.15, 0.2) is 23.2 Å². The molecule has 2 amide bonds. The number of aryl methyl sites for hydroxylation is 1. The first kappa shape index (κ1) is 39.7. The number of aliphatic carboxylic acids is 1. The van der Waals surface area contributed by atoms with Gasteiger partial charge in [-0.05, 0) is 57.0 Å². The van der Waals surface area contributed by atoms with Crippen LogP contribution in [0.4, 0.5) is 10.8 Å². The van der Waals surface area contributed by atoms with Crippen LogP contribution in [0.2, 0.25) is 0 Å². The van der Waals surface area contributed by atoms with Crippen LogP contribution < -0.4 is 31.1 Å². The highest BCUT2D eigenvalue weighted by molar-refractivity contribution is 7.80. The van der Waals surface area contributed by atoms with Crippen molar-refractivity contribution in [2.75, 3.05) is 43.4 Å². The Bertz CT molecular complexity index is 2110. The highest BCUT2D eigenvalue weighted by atomic mass is 32.3. The van der Waals surface area contributed by atoms with Crippen molar-refractivity contribution in [1.82, 2.24) is 20.0 Å². The van der Waals surface area contributed by atoms with Crippen molar-refractivity contribution in [2.45, 2.75) is 57.8 Å². The number of nitrogens with one attached hydrogen (secondary N) is 1. The first-order chi connectivity index (χ1) is 26.0. The molecule has 3 aliphatic rings. The first-order valence-electron chi connectivity index (χ1n) is 17.4. The number of ketones is 1. The zero-order valence-corrected chi connectivity index (χ0v) is 31.6. The van der Waals surface area contributed by atoms with Crippen LogP contribution in [0.3, 0.4) is 0 Å². The number of carbonyl (C=O) groups excluding carboxylic acids is 3. The third-order valence-electron chi connectivity index (χ3n) is 9.67. The van der Waals surface area contributed by atoms with Crippen LogP contribution in [0, 0.1) is 11.8 Å². The fraction of sp³-hybridized carbons (Fsp3) is 0.485. The molecule has 0 unspecified atom stereocenters. The third kappa shape index (κ3) is 8.79. The van der Waals surface area contributed by atoms with Gasteiger partial charge >= 0.3 is 16.4 Å². The summed E-state index contributed by atoms with van der Waals surface area (Å²) in [5, 5.41) is 18.9. The van der Waals surface area contributed by atoms with Crippen molar-refractivity contribution in [1.29, 1.82) is 0 Å². The Kier molecular flexibility index (Phi) is 11.5. The van der Waals surface area contributed by atoms with Crippen molar-refractivity contribution >= 4 is 61.8 Å². The Balaban J connectivity index is 1.12. The molecule has 0 radical (unpaired) electrons. The van der Waals surface area contributed by atoms with Crippen LogP contribution >= 0.6 is 11.3 Å². The Morgan fingerprint density at radius 3 is 2.64 bits per heavy atom. The predicted molar refractivity (Wildman–Crippen MR) is 194 cm³/mol. The molecular weight excluding hydrogens is 763 g/mol. The number of nitrogens with two attached hydrogens (primary N) is 2. The number of β-lactam (4-membered cyclic amide) rings is 1. The maximum Gasteiger partial charge on any atom is 0.418 e. The van der Waals surface area contributed by atoms with Gasteiger partial charge in [0, 0.05) is 42.9 Å². The molecule has 2 saturated heterocycles. The Morgan fingerprint density at radius 2 is 2.02 bits per heavy atom. The molecule has 0 saturated carbocycles. The van der Waals surface area contributed by atoms with Crippen molar-refractivity contribution in [3.8, 4) is 5.75 Å². The first-order valence-corrected chi connectivity index (χ1v) is 19.6. The number of carboxylic acids is 1. The lowest BCUT2D eigenvalue weighted by Crippen LogP contribution is -2.68. The summed E-state index contributed by atoms with van der Waals surface area (Å²) in [6.07, 6.45) is 3.06. The fourth-order valence-corrected chi connectivity index (χ4v) is 7.50.